The monoisotopic (exact) mass is 1090 g/mol. The molecule has 0 unspecified atom stereocenters. The second kappa shape index (κ2) is 17.9. The third-order valence-corrected chi connectivity index (χ3v) is 12.3. The third kappa shape index (κ3) is 8.48. The predicted octanol–water partition coefficient (Wildman–Crippen LogP) is 16.3. The quantitative estimate of drug-likeness (QED) is 0.112. The van der Waals surface area contributed by atoms with E-state index in [1.54, 1.807) is 22.8 Å². The number of para-hydroxylation sites is 2. The zero-order valence-electron chi connectivity index (χ0n) is 50.7. The summed E-state index contributed by atoms with van der Waals surface area (Å²) in [5, 5.41) is 1.93. The number of pyridine rings is 1. The zero-order valence-corrected chi connectivity index (χ0v) is 41.0. The Bertz CT molecular complexity index is 4290. The molecule has 3 heterocycles. The first-order valence-corrected chi connectivity index (χ1v) is 22.4. The maximum atomic E-state index is 9.15. The first-order chi connectivity index (χ1) is 37.8. The second-order valence-electron chi connectivity index (χ2n) is 18.8. The maximum absolute atomic E-state index is 9.15. The largest absolute Gasteiger partial charge is 2.00 e. The normalized spacial score (nSPS) is 15.0. The van der Waals surface area contributed by atoms with Gasteiger partial charge in [-0.1, -0.05) is 185 Å². The molecule has 338 valence electrons. The Morgan fingerprint density at radius 1 is 0.594 bits per heavy atom. The van der Waals surface area contributed by atoms with Crippen LogP contribution in [0.4, 0.5) is 22.7 Å². The van der Waals surface area contributed by atoms with Crippen LogP contribution in [0.25, 0.3) is 61.0 Å². The summed E-state index contributed by atoms with van der Waals surface area (Å²) in [4.78, 5) is 4.90. The molecule has 5 nitrogen and oxygen atoms in total. The number of fused-ring (bicyclic) bond motifs is 4. The Hall–Kier alpha value is -7.42. The summed E-state index contributed by atoms with van der Waals surface area (Å²) in [5.74, 6) is 1.37. The fourth-order valence-corrected chi connectivity index (χ4v) is 8.79. The minimum absolute atomic E-state index is 0. The molecule has 1 aliphatic rings. The molecule has 0 saturated heterocycles. The predicted molar refractivity (Wildman–Crippen MR) is 282 cm³/mol. The van der Waals surface area contributed by atoms with Gasteiger partial charge in [-0.25, -0.2) is 4.98 Å². The number of hydrogen-bond acceptors (Lipinski definition) is 2. The van der Waals surface area contributed by atoms with Crippen molar-refractivity contribution >= 4 is 50.6 Å². The van der Waals surface area contributed by atoms with Crippen molar-refractivity contribution in [1.29, 1.82) is 0 Å². The average Bonchev–Trinajstić information content (AvgIpc) is 4.09. The summed E-state index contributed by atoms with van der Waals surface area (Å²) < 4.78 is 118. The molecule has 0 saturated carbocycles. The molecule has 6 heteroatoms. The van der Waals surface area contributed by atoms with Crippen molar-refractivity contribution in [3.8, 4) is 50.7 Å². The Morgan fingerprint density at radius 3 is 2.09 bits per heavy atom. The minimum Gasteiger partial charge on any atom is -0.509 e. The van der Waals surface area contributed by atoms with E-state index < -0.39 is 54.6 Å². The van der Waals surface area contributed by atoms with E-state index in [4.69, 9.17) is 26.2 Å². The fourth-order valence-electron chi connectivity index (χ4n) is 8.79. The molecule has 0 N–H and O–H groups in total. The summed E-state index contributed by atoms with van der Waals surface area (Å²) in [5.41, 5.74) is 5.42. The topological polar surface area (TPSA) is 33.1 Å². The molecule has 0 aliphatic carbocycles. The maximum Gasteiger partial charge on any atom is 2.00 e. The Balaban J connectivity index is 0.00000736. The number of rotatable bonds is 8. The molecule has 0 bridgehead atoms. The van der Waals surface area contributed by atoms with Crippen LogP contribution in [0.1, 0.15) is 74.7 Å². The summed E-state index contributed by atoms with van der Waals surface area (Å²) in [6, 6.07) is 44.7. The van der Waals surface area contributed by atoms with E-state index in [1.165, 1.54) is 22.8 Å². The molecule has 8 aromatic carbocycles. The van der Waals surface area contributed by atoms with Crippen molar-refractivity contribution in [2.24, 2.45) is 0 Å². The molecule has 2 aromatic heterocycles. The molecule has 0 spiro atoms. The standard InChI is InChI=1S/C63H52N4O.Pt/c1-42-19-17-28-57-60(42)66(61-52(44-22-13-9-14-23-44)26-18-27-53(61)45-24-15-10-16-25-45)41-65(57)49-36-48(63(5,6)7)37-51(39-49)68-50-30-31-54-55-35-46(43-20-11-8-12-21-43)29-32-56(55)67(58(54)40-50)59-38-47(33-34-64-59)62(2,3)4;/h8-38H,1-7H3;/q;+2/i1D3,9D,10D,13D,14D,15D,22D,23D,24D,25D;. The van der Waals surface area contributed by atoms with Gasteiger partial charge in [0.25, 0.3) is 5.69 Å². The van der Waals surface area contributed by atoms with Gasteiger partial charge in [0, 0.05) is 39.0 Å². The van der Waals surface area contributed by atoms with Crippen LogP contribution >= 0.6 is 0 Å². The molecular weight excluding hydrogens is 1020 g/mol. The van der Waals surface area contributed by atoms with E-state index in [-0.39, 0.29) is 83.5 Å². The van der Waals surface area contributed by atoms with E-state index in [9.17, 15) is 0 Å². The van der Waals surface area contributed by atoms with Crippen LogP contribution in [0.2, 0.25) is 0 Å². The molecule has 0 atom stereocenters. The van der Waals surface area contributed by atoms with Crippen LogP contribution in [-0.4, -0.2) is 15.6 Å². The van der Waals surface area contributed by atoms with Gasteiger partial charge < -0.3 is 9.30 Å². The van der Waals surface area contributed by atoms with Gasteiger partial charge in [-0.3, -0.25) is 0 Å². The fraction of sp³-hybridized carbons (Fsp3) is 0.143. The van der Waals surface area contributed by atoms with Gasteiger partial charge in [0.15, 0.2) is 0 Å². The van der Waals surface area contributed by atoms with Gasteiger partial charge in [-0.05, 0) is 85.8 Å². The van der Waals surface area contributed by atoms with E-state index in [1.807, 2.05) is 75.5 Å². The van der Waals surface area contributed by atoms with Crippen LogP contribution in [0, 0.1) is 19.0 Å². The molecule has 10 aromatic rings. The first kappa shape index (κ1) is 33.1. The molecule has 0 fully saturated rings. The van der Waals surface area contributed by atoms with Gasteiger partial charge in [-0.2, -0.15) is 6.07 Å². The molecule has 69 heavy (non-hydrogen) atoms. The summed E-state index contributed by atoms with van der Waals surface area (Å²) in [6.07, 6.45) is 1.82. The van der Waals surface area contributed by atoms with Crippen molar-refractivity contribution in [1.82, 2.24) is 18.7 Å². The van der Waals surface area contributed by atoms with E-state index >= 15 is 0 Å². The van der Waals surface area contributed by atoms with Crippen molar-refractivity contribution in [2.45, 2.75) is 59.2 Å². The molecular formula is C63H52N4OPt+2. The van der Waals surface area contributed by atoms with Crippen molar-refractivity contribution in [3.05, 3.63) is 217 Å². The Morgan fingerprint density at radius 2 is 1.33 bits per heavy atom. The minimum atomic E-state index is -2.76. The van der Waals surface area contributed by atoms with E-state index in [2.05, 4.69) is 79.9 Å². The van der Waals surface area contributed by atoms with E-state index in [0.717, 1.165) is 50.1 Å². The zero-order chi connectivity index (χ0) is 57.1. The number of aryl methyl sites for hydroxylation is 1. The van der Waals surface area contributed by atoms with Gasteiger partial charge in [0.1, 0.15) is 11.5 Å². The molecule has 1 aliphatic heterocycles. The number of nitrogens with zero attached hydrogens (tertiary/aromatic N) is 4. The van der Waals surface area contributed by atoms with Gasteiger partial charge in [0.2, 0.25) is 5.69 Å². The van der Waals surface area contributed by atoms with Gasteiger partial charge in [0.05, 0.1) is 23.5 Å². The van der Waals surface area contributed by atoms with Crippen LogP contribution in [0.15, 0.2) is 188 Å². The van der Waals surface area contributed by atoms with Crippen LogP contribution in [-0.2, 0) is 31.9 Å². The SMILES string of the molecule is [2H]c1cc([2H])c(-c2cccc(-c3c([2H])c([2H])c([2H])c([2H])c3[2H])c2[N+]2=C=[N+](c3[c-]c(Oc4[c-]c5c(cc4)c4cc(-c6ccccc6)ccc4n5-c4cc(C(C)(C)C)ccn4)cc(C(C)(C)C)c3)c3cccc(C([2H])([2H])[2H])c32)c([2H])c1[2H].[Pt+2]. The van der Waals surface area contributed by atoms with E-state index in [0.29, 0.717) is 22.9 Å². The molecule has 0 radical (unpaired) electrons. The molecule has 0 amide bonds. The van der Waals surface area contributed by atoms with Gasteiger partial charge in [-0.15, -0.1) is 29.1 Å². The first-order valence-electron chi connectivity index (χ1n) is 28.4. The third-order valence-electron chi connectivity index (χ3n) is 12.3. The Kier molecular flexibility index (Phi) is 8.60. The number of ether oxygens (including phenoxy) is 1. The molecule has 11 rings (SSSR count). The van der Waals surface area contributed by atoms with Crippen molar-refractivity contribution in [3.63, 3.8) is 0 Å². The van der Waals surface area contributed by atoms with Crippen LogP contribution in [0.3, 0.4) is 0 Å². The second-order valence-corrected chi connectivity index (χ2v) is 18.8. The van der Waals surface area contributed by atoms with Crippen molar-refractivity contribution in [2.75, 3.05) is 0 Å². The average molecular weight is 1090 g/mol. The van der Waals surface area contributed by atoms with Gasteiger partial charge >= 0.3 is 32.8 Å². The van der Waals surface area contributed by atoms with Crippen LogP contribution < -0.4 is 13.9 Å². The summed E-state index contributed by atoms with van der Waals surface area (Å²) >= 11 is 0. The summed E-state index contributed by atoms with van der Waals surface area (Å²) in [7, 11) is 0. The number of aromatic nitrogens is 2. The number of hydrogen-bond donors (Lipinski definition) is 0. The summed E-state index contributed by atoms with van der Waals surface area (Å²) in [6.45, 7) is 9.86. The van der Waals surface area contributed by atoms with Crippen molar-refractivity contribution < 1.29 is 42.3 Å². The smallest absolute Gasteiger partial charge is 0.509 e. The number of benzene rings is 8. The van der Waals surface area contributed by atoms with Crippen LogP contribution in [0.5, 0.6) is 11.5 Å². The Labute approximate surface area is 436 Å².